The minimum atomic E-state index is -0.324. The van der Waals surface area contributed by atoms with Crippen molar-refractivity contribution in [1.82, 2.24) is 10.6 Å². The molecule has 0 saturated heterocycles. The minimum absolute atomic E-state index is 0.189. The molecule has 1 aromatic heterocycles. The van der Waals surface area contributed by atoms with Crippen LogP contribution in [0, 0.1) is 13.8 Å². The molecular weight excluding hydrogens is 380 g/mol. The molecule has 4 nitrogen and oxygen atoms in total. The van der Waals surface area contributed by atoms with Gasteiger partial charge in [-0.1, -0.05) is 48.0 Å². The molecule has 0 saturated carbocycles. The number of rotatable bonds is 6. The summed E-state index contributed by atoms with van der Waals surface area (Å²) < 4.78 is 0. The summed E-state index contributed by atoms with van der Waals surface area (Å²) in [5.74, 6) is -0.634. The highest BCUT2D eigenvalue weighted by atomic mass is 32.1. The van der Waals surface area contributed by atoms with Crippen LogP contribution in [0.2, 0.25) is 0 Å². The number of hydrogen-bond donors (Lipinski definition) is 2. The van der Waals surface area contributed by atoms with Gasteiger partial charge in [0, 0.05) is 10.4 Å². The summed E-state index contributed by atoms with van der Waals surface area (Å²) in [7, 11) is 0. The molecule has 0 radical (unpaired) electrons. The van der Waals surface area contributed by atoms with E-state index in [0.717, 1.165) is 21.6 Å². The molecule has 0 unspecified atom stereocenters. The topological polar surface area (TPSA) is 58.2 Å². The number of benzene rings is 2. The predicted octanol–water partition coefficient (Wildman–Crippen LogP) is 5.01. The summed E-state index contributed by atoms with van der Waals surface area (Å²) in [6, 6.07) is 18.8. The Bertz CT molecular complexity index is 1040. The number of hydrogen-bond acceptors (Lipinski definition) is 3. The summed E-state index contributed by atoms with van der Waals surface area (Å²) >= 11 is 1.50. The molecule has 3 rings (SSSR count). The van der Waals surface area contributed by atoms with Crippen molar-refractivity contribution < 1.29 is 9.59 Å². The summed E-state index contributed by atoms with van der Waals surface area (Å²) in [6.45, 7) is 5.88. The van der Waals surface area contributed by atoms with Gasteiger partial charge in [0.1, 0.15) is 5.70 Å². The third-order valence-electron chi connectivity index (χ3n) is 4.61. The number of carbonyl (C=O) groups is 2. The highest BCUT2D eigenvalue weighted by molar-refractivity contribution is 7.10. The van der Waals surface area contributed by atoms with Crippen LogP contribution in [-0.2, 0) is 4.79 Å². The molecule has 0 aliphatic carbocycles. The normalized spacial score (nSPS) is 12.3. The largest absolute Gasteiger partial charge is 0.344 e. The first kappa shape index (κ1) is 20.6. The quantitative estimate of drug-likeness (QED) is 0.567. The predicted molar refractivity (Wildman–Crippen MR) is 119 cm³/mol. The van der Waals surface area contributed by atoms with E-state index in [-0.39, 0.29) is 23.6 Å². The number of nitrogens with one attached hydrogen (secondary N) is 2. The number of thiophene rings is 1. The van der Waals surface area contributed by atoms with Gasteiger partial charge in [-0.25, -0.2) is 0 Å². The Labute approximate surface area is 175 Å². The van der Waals surface area contributed by atoms with Crippen LogP contribution in [0.15, 0.2) is 71.7 Å². The molecule has 1 heterocycles. The van der Waals surface area contributed by atoms with Crippen LogP contribution in [0.5, 0.6) is 0 Å². The van der Waals surface area contributed by atoms with Gasteiger partial charge in [0.15, 0.2) is 0 Å². The van der Waals surface area contributed by atoms with Crippen molar-refractivity contribution in [3.63, 3.8) is 0 Å². The Balaban J connectivity index is 1.83. The molecular formula is C24H24N2O2S. The van der Waals surface area contributed by atoms with Gasteiger partial charge in [-0.15, -0.1) is 11.3 Å². The third kappa shape index (κ3) is 5.42. The lowest BCUT2D eigenvalue weighted by atomic mass is 10.0. The average Bonchev–Trinajstić information content (AvgIpc) is 3.20. The van der Waals surface area contributed by atoms with Gasteiger partial charge >= 0.3 is 0 Å². The zero-order chi connectivity index (χ0) is 20.8. The van der Waals surface area contributed by atoms with Gasteiger partial charge < -0.3 is 10.6 Å². The average molecular weight is 405 g/mol. The zero-order valence-electron chi connectivity index (χ0n) is 16.7. The van der Waals surface area contributed by atoms with E-state index in [1.165, 1.54) is 11.3 Å². The van der Waals surface area contributed by atoms with Crippen LogP contribution >= 0.6 is 11.3 Å². The Kier molecular flexibility index (Phi) is 6.62. The summed E-state index contributed by atoms with van der Waals surface area (Å²) in [4.78, 5) is 26.6. The maximum atomic E-state index is 13.0. The smallest absolute Gasteiger partial charge is 0.268 e. The van der Waals surface area contributed by atoms with Gasteiger partial charge in [-0.2, -0.15) is 0 Å². The Morgan fingerprint density at radius 2 is 1.79 bits per heavy atom. The highest BCUT2D eigenvalue weighted by Crippen LogP contribution is 2.18. The summed E-state index contributed by atoms with van der Waals surface area (Å²) in [5, 5.41) is 7.72. The molecule has 3 aromatic rings. The Hall–Kier alpha value is -3.18. The zero-order valence-corrected chi connectivity index (χ0v) is 17.5. The second kappa shape index (κ2) is 9.34. The standard InChI is InChI=1S/C24H24N2O2S/c1-16-8-6-10-19(14-16)23(27)26-22(15-20-11-7-13-29-20)24(28)25-18(3)21-12-5-4-9-17(21)2/h4-15,18H,1-3H3,(H,25,28)(H,26,27)/b22-15-/t18-/m1/s1. The fraction of sp³-hybridized carbons (Fsp3) is 0.167. The summed E-state index contributed by atoms with van der Waals surface area (Å²) in [6.07, 6.45) is 1.71. The van der Waals surface area contributed by atoms with Gasteiger partial charge in [0.25, 0.3) is 11.8 Å². The number of aryl methyl sites for hydroxylation is 2. The van der Waals surface area contributed by atoms with Gasteiger partial charge in [0.2, 0.25) is 0 Å². The van der Waals surface area contributed by atoms with E-state index >= 15 is 0 Å². The molecule has 0 fully saturated rings. The van der Waals surface area contributed by atoms with E-state index in [0.29, 0.717) is 5.56 Å². The fourth-order valence-corrected chi connectivity index (χ4v) is 3.74. The molecule has 5 heteroatoms. The molecule has 0 spiro atoms. The maximum Gasteiger partial charge on any atom is 0.268 e. The van der Waals surface area contributed by atoms with E-state index in [1.54, 1.807) is 18.2 Å². The van der Waals surface area contributed by atoms with Crippen molar-refractivity contribution in [2.24, 2.45) is 0 Å². The minimum Gasteiger partial charge on any atom is -0.344 e. The van der Waals surface area contributed by atoms with Crippen molar-refractivity contribution in [3.8, 4) is 0 Å². The van der Waals surface area contributed by atoms with Crippen molar-refractivity contribution in [1.29, 1.82) is 0 Å². The molecule has 2 N–H and O–H groups in total. The number of amides is 2. The van der Waals surface area contributed by atoms with Gasteiger partial charge in [-0.3, -0.25) is 9.59 Å². The highest BCUT2D eigenvalue weighted by Gasteiger charge is 2.18. The van der Waals surface area contributed by atoms with E-state index in [2.05, 4.69) is 10.6 Å². The molecule has 148 valence electrons. The Morgan fingerprint density at radius 3 is 2.48 bits per heavy atom. The van der Waals surface area contributed by atoms with Gasteiger partial charge in [0.05, 0.1) is 6.04 Å². The Morgan fingerprint density at radius 1 is 1.00 bits per heavy atom. The molecule has 2 aromatic carbocycles. The van der Waals surface area contributed by atoms with Crippen LogP contribution in [0.3, 0.4) is 0 Å². The van der Waals surface area contributed by atoms with Crippen molar-refractivity contribution in [2.45, 2.75) is 26.8 Å². The monoisotopic (exact) mass is 404 g/mol. The lowest BCUT2D eigenvalue weighted by Crippen LogP contribution is -2.36. The van der Waals surface area contributed by atoms with Crippen molar-refractivity contribution in [2.75, 3.05) is 0 Å². The molecule has 29 heavy (non-hydrogen) atoms. The number of carbonyl (C=O) groups excluding carboxylic acids is 2. The first-order valence-corrected chi connectivity index (χ1v) is 10.3. The van der Waals surface area contributed by atoms with Crippen LogP contribution in [0.4, 0.5) is 0 Å². The van der Waals surface area contributed by atoms with Crippen LogP contribution < -0.4 is 10.6 Å². The van der Waals surface area contributed by atoms with E-state index in [4.69, 9.17) is 0 Å². The SMILES string of the molecule is Cc1cccc(C(=O)N/C(=C\c2cccs2)C(=O)N[C@H](C)c2ccccc2C)c1. The first-order chi connectivity index (χ1) is 13.9. The fourth-order valence-electron chi connectivity index (χ4n) is 3.08. The summed E-state index contributed by atoms with van der Waals surface area (Å²) in [5.41, 5.74) is 3.87. The van der Waals surface area contributed by atoms with E-state index in [9.17, 15) is 9.59 Å². The van der Waals surface area contributed by atoms with Crippen molar-refractivity contribution in [3.05, 3.63) is 98.9 Å². The lowest BCUT2D eigenvalue weighted by Gasteiger charge is -2.18. The molecule has 0 bridgehead atoms. The van der Waals surface area contributed by atoms with Gasteiger partial charge in [-0.05, 0) is 61.6 Å². The maximum absolute atomic E-state index is 13.0. The molecule has 1 atom stereocenters. The van der Waals surface area contributed by atoms with E-state index < -0.39 is 0 Å². The van der Waals surface area contributed by atoms with Crippen LogP contribution in [-0.4, -0.2) is 11.8 Å². The molecule has 2 amide bonds. The van der Waals surface area contributed by atoms with Crippen LogP contribution in [0.1, 0.15) is 44.9 Å². The first-order valence-electron chi connectivity index (χ1n) is 9.43. The second-order valence-corrected chi connectivity index (χ2v) is 7.93. The molecule has 0 aliphatic rings. The second-order valence-electron chi connectivity index (χ2n) is 6.95. The van der Waals surface area contributed by atoms with Crippen molar-refractivity contribution >= 4 is 29.2 Å². The van der Waals surface area contributed by atoms with Crippen LogP contribution in [0.25, 0.3) is 6.08 Å². The van der Waals surface area contributed by atoms with E-state index in [1.807, 2.05) is 74.7 Å². The third-order valence-corrected chi connectivity index (χ3v) is 5.42. The lowest BCUT2D eigenvalue weighted by molar-refractivity contribution is -0.118. The molecule has 0 aliphatic heterocycles.